The van der Waals surface area contributed by atoms with Gasteiger partial charge in [0.05, 0.1) is 6.61 Å². The molecule has 0 aliphatic rings. The Labute approximate surface area is 121 Å². The van der Waals surface area contributed by atoms with Crippen LogP contribution in [0.1, 0.15) is 18.1 Å². The average molecular weight is 280 g/mol. The van der Waals surface area contributed by atoms with E-state index < -0.39 is 0 Å². The summed E-state index contributed by atoms with van der Waals surface area (Å²) in [5.41, 5.74) is 1.83. The van der Waals surface area contributed by atoms with Gasteiger partial charge in [-0.25, -0.2) is 4.39 Å². The summed E-state index contributed by atoms with van der Waals surface area (Å²) in [5.74, 6) is -0.156. The number of nitrogens with zero attached hydrogens (tertiary/aromatic N) is 1. The van der Waals surface area contributed by atoms with Crippen LogP contribution in [0.4, 0.5) is 4.39 Å². The normalized spacial score (nSPS) is 11.0. The lowest BCUT2D eigenvalue weighted by molar-refractivity contribution is 0.150. The van der Waals surface area contributed by atoms with Gasteiger partial charge in [0, 0.05) is 38.9 Å². The predicted octanol–water partition coefficient (Wildman–Crippen LogP) is 2.57. The number of nitrogens with one attached hydrogen (secondary N) is 1. The fraction of sp³-hybridized carbons (Fsp3) is 0.500. The molecule has 1 aromatic rings. The van der Waals surface area contributed by atoms with Gasteiger partial charge in [-0.3, -0.25) is 4.90 Å². The molecule has 1 aromatic carbocycles. The van der Waals surface area contributed by atoms with Crippen LogP contribution in [0.15, 0.2) is 30.9 Å². The van der Waals surface area contributed by atoms with E-state index in [0.29, 0.717) is 13.2 Å². The Morgan fingerprint density at radius 3 is 2.90 bits per heavy atom. The minimum Gasteiger partial charge on any atom is -0.383 e. The Balaban J connectivity index is 2.73. The predicted molar refractivity (Wildman–Crippen MR) is 81.1 cm³/mol. The number of methoxy groups -OCH3 is 1. The molecule has 0 bridgehead atoms. The first-order chi connectivity index (χ1) is 9.71. The van der Waals surface area contributed by atoms with Crippen LogP contribution in [-0.2, 0) is 17.8 Å². The molecule has 0 saturated heterocycles. The molecule has 1 rings (SSSR count). The van der Waals surface area contributed by atoms with Crippen LogP contribution in [0.3, 0.4) is 0 Å². The van der Waals surface area contributed by atoms with Gasteiger partial charge in [-0.15, -0.1) is 6.58 Å². The largest absolute Gasteiger partial charge is 0.383 e. The smallest absolute Gasteiger partial charge is 0.127 e. The molecule has 4 heteroatoms. The first-order valence-corrected chi connectivity index (χ1v) is 7.01. The van der Waals surface area contributed by atoms with Gasteiger partial charge in [0.1, 0.15) is 5.82 Å². The van der Waals surface area contributed by atoms with E-state index in [4.69, 9.17) is 4.74 Å². The van der Waals surface area contributed by atoms with Crippen molar-refractivity contribution in [2.24, 2.45) is 0 Å². The van der Waals surface area contributed by atoms with Crippen molar-refractivity contribution in [2.75, 3.05) is 33.4 Å². The zero-order valence-corrected chi connectivity index (χ0v) is 12.5. The van der Waals surface area contributed by atoms with E-state index in [0.717, 1.165) is 37.3 Å². The van der Waals surface area contributed by atoms with Gasteiger partial charge < -0.3 is 10.1 Å². The number of hydrogen-bond acceptors (Lipinski definition) is 3. The molecule has 0 aliphatic carbocycles. The van der Waals surface area contributed by atoms with E-state index in [9.17, 15) is 4.39 Å². The Kier molecular flexibility index (Phi) is 8.11. The van der Waals surface area contributed by atoms with Crippen molar-refractivity contribution < 1.29 is 9.13 Å². The Bertz CT molecular complexity index is 409. The van der Waals surface area contributed by atoms with Crippen molar-refractivity contribution in [1.82, 2.24) is 10.2 Å². The lowest BCUT2D eigenvalue weighted by Gasteiger charge is -2.21. The minimum absolute atomic E-state index is 0.156. The third-order valence-corrected chi connectivity index (χ3v) is 3.08. The first kappa shape index (κ1) is 16.8. The third-order valence-electron chi connectivity index (χ3n) is 3.08. The molecule has 0 aromatic heterocycles. The van der Waals surface area contributed by atoms with Crippen LogP contribution in [0.5, 0.6) is 0 Å². The lowest BCUT2D eigenvalue weighted by Crippen LogP contribution is -2.27. The highest BCUT2D eigenvalue weighted by atomic mass is 19.1. The summed E-state index contributed by atoms with van der Waals surface area (Å²) in [6, 6.07) is 5.31. The van der Waals surface area contributed by atoms with Crippen LogP contribution in [0, 0.1) is 5.82 Å². The van der Waals surface area contributed by atoms with E-state index in [-0.39, 0.29) is 5.82 Å². The molecular weight excluding hydrogens is 255 g/mol. The average Bonchev–Trinajstić information content (AvgIpc) is 2.45. The molecular formula is C16H25FN2O. The SMILES string of the molecule is C=CCN(CCOC)Cc1cc(CNCC)ccc1F. The molecule has 0 unspecified atom stereocenters. The summed E-state index contributed by atoms with van der Waals surface area (Å²) in [7, 11) is 1.67. The van der Waals surface area contributed by atoms with Crippen LogP contribution < -0.4 is 5.32 Å². The maximum atomic E-state index is 13.9. The molecule has 0 saturated carbocycles. The second-order valence-corrected chi connectivity index (χ2v) is 4.72. The highest BCUT2D eigenvalue weighted by molar-refractivity contribution is 5.25. The maximum Gasteiger partial charge on any atom is 0.127 e. The number of hydrogen-bond donors (Lipinski definition) is 1. The fourth-order valence-electron chi connectivity index (χ4n) is 2.01. The summed E-state index contributed by atoms with van der Waals surface area (Å²) in [6.45, 7) is 10.2. The summed E-state index contributed by atoms with van der Waals surface area (Å²) < 4.78 is 19.0. The van der Waals surface area contributed by atoms with Gasteiger partial charge in [-0.2, -0.15) is 0 Å². The molecule has 0 atom stereocenters. The van der Waals surface area contributed by atoms with Crippen molar-refractivity contribution in [1.29, 1.82) is 0 Å². The van der Waals surface area contributed by atoms with Crippen molar-refractivity contribution in [3.05, 3.63) is 47.8 Å². The lowest BCUT2D eigenvalue weighted by atomic mass is 10.1. The topological polar surface area (TPSA) is 24.5 Å². The molecule has 0 heterocycles. The standard InChI is InChI=1S/C16H25FN2O/c1-4-8-19(9-10-20-3)13-15-11-14(12-18-5-2)6-7-16(15)17/h4,6-7,11,18H,1,5,8-10,12-13H2,2-3H3. The van der Waals surface area contributed by atoms with E-state index in [1.165, 1.54) is 0 Å². The van der Waals surface area contributed by atoms with Crippen molar-refractivity contribution in [2.45, 2.75) is 20.0 Å². The van der Waals surface area contributed by atoms with Gasteiger partial charge in [-0.05, 0) is 18.2 Å². The zero-order chi connectivity index (χ0) is 14.8. The number of ether oxygens (including phenoxy) is 1. The van der Waals surface area contributed by atoms with Crippen molar-refractivity contribution in [3.63, 3.8) is 0 Å². The molecule has 20 heavy (non-hydrogen) atoms. The highest BCUT2D eigenvalue weighted by Gasteiger charge is 2.09. The van der Waals surface area contributed by atoms with Gasteiger partial charge in [0.15, 0.2) is 0 Å². The fourth-order valence-corrected chi connectivity index (χ4v) is 2.01. The van der Waals surface area contributed by atoms with Crippen LogP contribution in [-0.4, -0.2) is 38.3 Å². The molecule has 3 nitrogen and oxygen atoms in total. The molecule has 0 radical (unpaired) electrons. The van der Waals surface area contributed by atoms with Crippen molar-refractivity contribution in [3.8, 4) is 0 Å². The second-order valence-electron chi connectivity index (χ2n) is 4.72. The molecule has 0 amide bonds. The zero-order valence-electron chi connectivity index (χ0n) is 12.5. The highest BCUT2D eigenvalue weighted by Crippen LogP contribution is 2.13. The van der Waals surface area contributed by atoms with E-state index in [1.807, 2.05) is 18.2 Å². The molecule has 0 fully saturated rings. The summed E-state index contributed by atoms with van der Waals surface area (Å²) in [4.78, 5) is 2.12. The number of benzene rings is 1. The first-order valence-electron chi connectivity index (χ1n) is 7.01. The second kappa shape index (κ2) is 9.64. The molecule has 112 valence electrons. The van der Waals surface area contributed by atoms with E-state index >= 15 is 0 Å². The monoisotopic (exact) mass is 280 g/mol. The van der Waals surface area contributed by atoms with Crippen molar-refractivity contribution >= 4 is 0 Å². The molecule has 0 aliphatic heterocycles. The van der Waals surface area contributed by atoms with Crippen LogP contribution in [0.2, 0.25) is 0 Å². The summed E-state index contributed by atoms with van der Waals surface area (Å²) in [6.07, 6.45) is 1.83. The molecule has 0 spiro atoms. The van der Waals surface area contributed by atoms with Gasteiger partial charge in [0.25, 0.3) is 0 Å². The van der Waals surface area contributed by atoms with Gasteiger partial charge >= 0.3 is 0 Å². The molecule has 1 N–H and O–H groups in total. The van der Waals surface area contributed by atoms with Crippen LogP contribution >= 0.6 is 0 Å². The number of halogens is 1. The number of rotatable bonds is 10. The minimum atomic E-state index is -0.156. The Morgan fingerprint density at radius 2 is 2.25 bits per heavy atom. The Morgan fingerprint density at radius 1 is 1.45 bits per heavy atom. The van der Waals surface area contributed by atoms with E-state index in [2.05, 4.69) is 23.7 Å². The van der Waals surface area contributed by atoms with Crippen LogP contribution in [0.25, 0.3) is 0 Å². The van der Waals surface area contributed by atoms with E-state index in [1.54, 1.807) is 13.2 Å². The van der Waals surface area contributed by atoms with Gasteiger partial charge in [0.2, 0.25) is 0 Å². The van der Waals surface area contributed by atoms with Gasteiger partial charge in [-0.1, -0.05) is 25.1 Å². The quantitative estimate of drug-likeness (QED) is 0.667. The maximum absolute atomic E-state index is 13.9. The summed E-state index contributed by atoms with van der Waals surface area (Å²) >= 11 is 0. The Hall–Kier alpha value is -1.23. The summed E-state index contributed by atoms with van der Waals surface area (Å²) in [5, 5.41) is 3.25. The third kappa shape index (κ3) is 5.82.